The minimum Gasteiger partial charge on any atom is -0.366 e. The Morgan fingerprint density at radius 1 is 1.26 bits per heavy atom. The van der Waals surface area contributed by atoms with E-state index in [1.165, 1.54) is 6.08 Å². The van der Waals surface area contributed by atoms with Gasteiger partial charge in [0.25, 0.3) is 11.8 Å². The minimum atomic E-state index is -0.708. The summed E-state index contributed by atoms with van der Waals surface area (Å²) in [6.07, 6.45) is 3.07. The molecule has 1 aromatic rings. The molecule has 23 heavy (non-hydrogen) atoms. The lowest BCUT2D eigenvalue weighted by Crippen LogP contribution is -2.24. The molecule has 1 aliphatic heterocycles. The average molecular weight is 353 g/mol. The predicted molar refractivity (Wildman–Crippen MR) is 91.1 cm³/mol. The Kier molecular flexibility index (Phi) is 5.41. The molecular formula is C15H14Cl2N4O2. The maximum Gasteiger partial charge on any atom is 0.252 e. The number of amides is 2. The fourth-order valence-electron chi connectivity index (χ4n) is 2.05. The second-order valence-corrected chi connectivity index (χ2v) is 5.32. The van der Waals surface area contributed by atoms with E-state index < -0.39 is 5.91 Å². The highest BCUT2D eigenvalue weighted by Crippen LogP contribution is 2.29. The maximum absolute atomic E-state index is 12.0. The molecule has 0 atom stereocenters. The molecule has 0 aromatic heterocycles. The first-order chi connectivity index (χ1) is 11.0. The molecule has 2 amide bonds. The summed E-state index contributed by atoms with van der Waals surface area (Å²) >= 11 is 12.0. The molecule has 1 aromatic carbocycles. The number of hydrogen-bond acceptors (Lipinski definition) is 4. The molecule has 0 aliphatic carbocycles. The smallest absolute Gasteiger partial charge is 0.252 e. The van der Waals surface area contributed by atoms with Crippen molar-refractivity contribution in [1.29, 1.82) is 0 Å². The number of nitrogens with one attached hydrogen (secondary N) is 2. The van der Waals surface area contributed by atoms with E-state index in [1.54, 1.807) is 31.2 Å². The van der Waals surface area contributed by atoms with Gasteiger partial charge in [-0.15, -0.1) is 0 Å². The fraction of sp³-hybridized carbons (Fsp3) is 0.133. The van der Waals surface area contributed by atoms with E-state index in [9.17, 15) is 9.59 Å². The molecule has 0 unspecified atom stereocenters. The van der Waals surface area contributed by atoms with Gasteiger partial charge in [-0.25, -0.2) is 0 Å². The van der Waals surface area contributed by atoms with E-state index in [0.29, 0.717) is 17.8 Å². The fourth-order valence-corrected chi connectivity index (χ4v) is 2.46. The lowest BCUT2D eigenvalue weighted by molar-refractivity contribution is -0.112. The zero-order valence-corrected chi connectivity index (χ0v) is 13.7. The van der Waals surface area contributed by atoms with Crippen LogP contribution in [-0.4, -0.2) is 23.5 Å². The normalized spacial score (nSPS) is 15.5. The number of carbonyl (C=O) groups excluding carboxylic acids is 2. The average Bonchev–Trinajstić information content (AvgIpc) is 2.51. The van der Waals surface area contributed by atoms with E-state index in [1.807, 2.05) is 0 Å². The van der Waals surface area contributed by atoms with Gasteiger partial charge in [-0.1, -0.05) is 35.3 Å². The number of halogens is 2. The standard InChI is InChI=1S/C15H14Cl2N4O2/c1-2-19-15(23)9-5-3-4-8(13(9)17)12(14(18)22)10-6-7-11(16)21-20-10/h3-7,20H,2H2,1H3,(H2,18,22)(H,19,23)/b12-10-. The lowest BCUT2D eigenvalue weighted by atomic mass is 9.99. The van der Waals surface area contributed by atoms with E-state index >= 15 is 0 Å². The van der Waals surface area contributed by atoms with Crippen LogP contribution in [0.4, 0.5) is 0 Å². The molecule has 6 nitrogen and oxygen atoms in total. The summed E-state index contributed by atoms with van der Waals surface area (Å²) in [7, 11) is 0. The van der Waals surface area contributed by atoms with Crippen molar-refractivity contribution in [3.8, 4) is 0 Å². The van der Waals surface area contributed by atoms with Crippen molar-refractivity contribution in [2.24, 2.45) is 10.8 Å². The van der Waals surface area contributed by atoms with Crippen molar-refractivity contribution >= 4 is 45.8 Å². The molecule has 8 heteroatoms. The van der Waals surface area contributed by atoms with Crippen LogP contribution in [0.1, 0.15) is 22.8 Å². The van der Waals surface area contributed by atoms with E-state index in [0.717, 1.165) is 0 Å². The first kappa shape index (κ1) is 17.1. The molecule has 0 radical (unpaired) electrons. The summed E-state index contributed by atoms with van der Waals surface area (Å²) in [6, 6.07) is 4.80. The molecule has 120 valence electrons. The van der Waals surface area contributed by atoms with Gasteiger partial charge in [0.1, 0.15) is 5.17 Å². The van der Waals surface area contributed by atoms with E-state index in [-0.39, 0.29) is 27.2 Å². The maximum atomic E-state index is 12.0. The van der Waals surface area contributed by atoms with Gasteiger partial charge in [0.05, 0.1) is 21.9 Å². The Labute approximate surface area is 143 Å². The van der Waals surface area contributed by atoms with Crippen LogP contribution in [0.15, 0.2) is 41.1 Å². The van der Waals surface area contributed by atoms with Gasteiger partial charge in [-0.3, -0.25) is 15.0 Å². The third-order valence-electron chi connectivity index (χ3n) is 3.04. The molecule has 0 spiro atoms. The largest absolute Gasteiger partial charge is 0.366 e. The summed E-state index contributed by atoms with van der Waals surface area (Å²) in [5.74, 6) is -1.04. The Balaban J connectivity index is 2.57. The van der Waals surface area contributed by atoms with Crippen molar-refractivity contribution in [2.45, 2.75) is 6.92 Å². The first-order valence-corrected chi connectivity index (χ1v) is 7.49. The number of hydrazone groups is 1. The molecule has 2 rings (SSSR count). The number of carbonyl (C=O) groups is 2. The van der Waals surface area contributed by atoms with Gasteiger partial charge in [0, 0.05) is 12.1 Å². The first-order valence-electron chi connectivity index (χ1n) is 6.74. The van der Waals surface area contributed by atoms with Crippen LogP contribution in [0.3, 0.4) is 0 Å². The second kappa shape index (κ2) is 7.30. The van der Waals surface area contributed by atoms with E-state index in [4.69, 9.17) is 28.9 Å². The number of allylic oxidation sites excluding steroid dienone is 2. The van der Waals surface area contributed by atoms with E-state index in [2.05, 4.69) is 15.8 Å². The highest BCUT2D eigenvalue weighted by atomic mass is 35.5. The highest BCUT2D eigenvalue weighted by Gasteiger charge is 2.21. The number of hydrogen-bond donors (Lipinski definition) is 3. The van der Waals surface area contributed by atoms with Crippen molar-refractivity contribution < 1.29 is 9.59 Å². The summed E-state index contributed by atoms with van der Waals surface area (Å²) in [4.78, 5) is 23.9. The van der Waals surface area contributed by atoms with Crippen molar-refractivity contribution in [3.63, 3.8) is 0 Å². The highest BCUT2D eigenvalue weighted by molar-refractivity contribution is 6.68. The topological polar surface area (TPSA) is 96.6 Å². The number of benzene rings is 1. The van der Waals surface area contributed by atoms with Crippen molar-refractivity contribution in [2.75, 3.05) is 6.54 Å². The Morgan fingerprint density at radius 3 is 2.52 bits per heavy atom. The van der Waals surface area contributed by atoms with Gasteiger partial charge in [-0.2, -0.15) is 5.10 Å². The quantitative estimate of drug-likeness (QED) is 0.723. The van der Waals surface area contributed by atoms with Gasteiger partial charge in [0.15, 0.2) is 0 Å². The Hall–Kier alpha value is -2.31. The number of nitrogens with zero attached hydrogens (tertiary/aromatic N) is 1. The zero-order chi connectivity index (χ0) is 17.0. The molecule has 0 bridgehead atoms. The molecule has 0 fully saturated rings. The third-order valence-corrected chi connectivity index (χ3v) is 3.65. The van der Waals surface area contributed by atoms with Crippen LogP contribution in [0.2, 0.25) is 5.02 Å². The van der Waals surface area contributed by atoms with Crippen LogP contribution >= 0.6 is 23.2 Å². The number of nitrogens with two attached hydrogens (primary N) is 1. The van der Waals surface area contributed by atoms with Crippen molar-refractivity contribution in [1.82, 2.24) is 10.7 Å². The molecule has 0 saturated carbocycles. The summed E-state index contributed by atoms with van der Waals surface area (Å²) in [6.45, 7) is 2.26. The Bertz CT molecular complexity index is 754. The molecule has 1 aliphatic rings. The lowest BCUT2D eigenvalue weighted by Gasteiger charge is -2.15. The summed E-state index contributed by atoms with van der Waals surface area (Å²) in [5.41, 5.74) is 9.17. The molecule has 4 N–H and O–H groups in total. The van der Waals surface area contributed by atoms with Gasteiger partial charge < -0.3 is 11.1 Å². The minimum absolute atomic E-state index is 0.116. The summed E-state index contributed by atoms with van der Waals surface area (Å²) in [5, 5.41) is 6.84. The monoisotopic (exact) mass is 352 g/mol. The second-order valence-electron chi connectivity index (χ2n) is 4.56. The Morgan fingerprint density at radius 2 is 1.96 bits per heavy atom. The van der Waals surface area contributed by atoms with Gasteiger partial charge in [-0.05, 0) is 25.1 Å². The predicted octanol–water partition coefficient (Wildman–Crippen LogP) is 2.00. The molecule has 0 saturated heterocycles. The van der Waals surface area contributed by atoms with Crippen LogP contribution in [0, 0.1) is 0 Å². The SMILES string of the molecule is CCNC(=O)c1cccc(/C(C(N)=O)=C2\C=CC(Cl)=NN2)c1Cl. The van der Waals surface area contributed by atoms with Crippen molar-refractivity contribution in [3.05, 3.63) is 52.2 Å². The summed E-state index contributed by atoms with van der Waals surface area (Å²) < 4.78 is 0. The third kappa shape index (κ3) is 3.72. The number of rotatable bonds is 4. The molecular weight excluding hydrogens is 339 g/mol. The van der Waals surface area contributed by atoms with Crippen LogP contribution in [0.5, 0.6) is 0 Å². The van der Waals surface area contributed by atoms with Gasteiger partial charge >= 0.3 is 0 Å². The number of primary amides is 1. The van der Waals surface area contributed by atoms with Crippen LogP contribution in [0.25, 0.3) is 5.57 Å². The zero-order valence-electron chi connectivity index (χ0n) is 12.2. The molecule has 1 heterocycles. The van der Waals surface area contributed by atoms with Crippen LogP contribution < -0.4 is 16.5 Å². The van der Waals surface area contributed by atoms with Crippen LogP contribution in [-0.2, 0) is 4.79 Å². The van der Waals surface area contributed by atoms with Gasteiger partial charge in [0.2, 0.25) is 0 Å².